The van der Waals surface area contributed by atoms with Crippen LogP contribution in [0.4, 0.5) is 17.1 Å². The summed E-state index contributed by atoms with van der Waals surface area (Å²) < 4.78 is 8.86. The zero-order valence-electron chi connectivity index (χ0n) is 43.8. The zero-order chi connectivity index (χ0) is 52.5. The third-order valence-corrected chi connectivity index (χ3v) is 16.0. The molecule has 4 heterocycles. The molecule has 1 aliphatic heterocycles. The van der Waals surface area contributed by atoms with Crippen molar-refractivity contribution in [2.24, 2.45) is 0 Å². The number of para-hydroxylation sites is 2. The average molecular weight is 1000 g/mol. The maximum absolute atomic E-state index is 6.62. The Morgan fingerprint density at radius 3 is 1.78 bits per heavy atom. The van der Waals surface area contributed by atoms with Crippen molar-refractivity contribution in [2.75, 3.05) is 4.90 Å². The van der Waals surface area contributed by atoms with Crippen LogP contribution in [0.3, 0.4) is 0 Å². The smallest absolute Gasteiger partial charge is 0.235 e. The zero-order valence-corrected chi connectivity index (χ0v) is 43.8. The molecule has 10 aromatic carbocycles. The number of benzene rings is 10. The molecule has 78 heavy (non-hydrogen) atoms. The van der Waals surface area contributed by atoms with E-state index in [4.69, 9.17) is 14.4 Å². The lowest BCUT2D eigenvalue weighted by Crippen LogP contribution is -2.36. The van der Waals surface area contributed by atoms with Crippen LogP contribution >= 0.6 is 0 Å². The van der Waals surface area contributed by atoms with Crippen LogP contribution in [-0.4, -0.2) is 14.5 Å². The fourth-order valence-electron chi connectivity index (χ4n) is 12.7. The van der Waals surface area contributed by atoms with Crippen molar-refractivity contribution < 1.29 is 4.42 Å². The van der Waals surface area contributed by atoms with Gasteiger partial charge in [0.25, 0.3) is 0 Å². The molecule has 1 spiro atoms. The molecule has 1 aliphatic carbocycles. The number of aromatic nitrogens is 3. The molecule has 0 fully saturated rings. The molecule has 5 nitrogen and oxygen atoms in total. The standard InChI is InChI=1S/C71H48N4O.C2H6/c1-3-52-66(4-2)76-67-40-38-59-68(69(52)67)54-30-14-16-31-56(54)71(59)57-32-17-19-34-64(57)74(51-28-20-27-48(41-51)45-21-8-5-9-22-45)65-43-50(35-37-58(65)71)49-36-39-63-55(42-49)53-29-15-18-33-62(53)75(63)70-72-60(46-23-10-6-11-24-46)44-61(73-70)47-25-12-7-13-26-47;1-2/h3,5-44H,1,4H2,2H3;1-2H3. The topological polar surface area (TPSA) is 47.1 Å². The summed E-state index contributed by atoms with van der Waals surface area (Å²) in [7, 11) is 0. The van der Waals surface area contributed by atoms with Gasteiger partial charge in [0.05, 0.1) is 39.2 Å². The molecule has 3 aromatic heterocycles. The monoisotopic (exact) mass is 1000 g/mol. The van der Waals surface area contributed by atoms with Crippen LogP contribution in [0.25, 0.3) is 101 Å². The van der Waals surface area contributed by atoms with Gasteiger partial charge < -0.3 is 9.32 Å². The third kappa shape index (κ3) is 7.01. The summed E-state index contributed by atoms with van der Waals surface area (Å²) in [5, 5.41) is 3.39. The van der Waals surface area contributed by atoms with E-state index in [1.807, 2.05) is 32.1 Å². The van der Waals surface area contributed by atoms with Gasteiger partial charge in [-0.15, -0.1) is 0 Å². The molecule has 0 saturated carbocycles. The minimum atomic E-state index is -0.662. The van der Waals surface area contributed by atoms with Gasteiger partial charge in [0.15, 0.2) is 0 Å². The normalized spacial score (nSPS) is 14.0. The number of furan rings is 1. The van der Waals surface area contributed by atoms with E-state index in [9.17, 15) is 0 Å². The average Bonchev–Trinajstić information content (AvgIpc) is 4.25. The molecular formula is C73H54N4O. The van der Waals surface area contributed by atoms with Gasteiger partial charge in [0.2, 0.25) is 5.95 Å². The number of nitrogens with zero attached hydrogens (tertiary/aromatic N) is 4. The Hall–Kier alpha value is -9.84. The molecule has 0 saturated heterocycles. The lowest BCUT2D eigenvalue weighted by molar-refractivity contribution is 0.556. The van der Waals surface area contributed by atoms with Gasteiger partial charge in [-0.05, 0) is 110 Å². The first kappa shape index (κ1) is 46.7. The van der Waals surface area contributed by atoms with Gasteiger partial charge >= 0.3 is 0 Å². The number of hydrogen-bond donors (Lipinski definition) is 0. The van der Waals surface area contributed by atoms with Gasteiger partial charge in [-0.3, -0.25) is 4.57 Å². The Morgan fingerprint density at radius 2 is 1.05 bits per heavy atom. The number of rotatable bonds is 8. The third-order valence-electron chi connectivity index (χ3n) is 16.0. The summed E-state index contributed by atoms with van der Waals surface area (Å²) in [6.45, 7) is 10.5. The Kier molecular flexibility index (Phi) is 11.2. The van der Waals surface area contributed by atoms with E-state index >= 15 is 0 Å². The highest BCUT2D eigenvalue weighted by Gasteiger charge is 2.52. The summed E-state index contributed by atoms with van der Waals surface area (Å²) in [6, 6.07) is 87.9. The van der Waals surface area contributed by atoms with Crippen LogP contribution in [-0.2, 0) is 11.8 Å². The van der Waals surface area contributed by atoms with Gasteiger partial charge in [-0.1, -0.05) is 221 Å². The highest BCUT2D eigenvalue weighted by atomic mass is 16.3. The van der Waals surface area contributed by atoms with Crippen molar-refractivity contribution >= 4 is 55.9 Å². The minimum Gasteiger partial charge on any atom is -0.460 e. The summed E-state index contributed by atoms with van der Waals surface area (Å²) in [4.78, 5) is 13.1. The summed E-state index contributed by atoms with van der Waals surface area (Å²) in [6.07, 6.45) is 2.76. The van der Waals surface area contributed by atoms with Crippen molar-refractivity contribution in [3.05, 3.63) is 283 Å². The highest BCUT2D eigenvalue weighted by Crippen LogP contribution is 2.65. The van der Waals surface area contributed by atoms with Crippen LogP contribution in [0.1, 0.15) is 54.3 Å². The molecule has 15 rings (SSSR count). The molecule has 0 radical (unpaired) electrons. The quantitative estimate of drug-likeness (QED) is 0.152. The van der Waals surface area contributed by atoms with E-state index in [2.05, 4.69) is 253 Å². The van der Waals surface area contributed by atoms with Gasteiger partial charge in [0, 0.05) is 45.0 Å². The van der Waals surface area contributed by atoms with E-state index in [0.717, 1.165) is 107 Å². The molecule has 1 unspecified atom stereocenters. The van der Waals surface area contributed by atoms with E-state index in [1.54, 1.807) is 0 Å². The first-order chi connectivity index (χ1) is 38.6. The molecule has 2 aliphatic rings. The van der Waals surface area contributed by atoms with Crippen LogP contribution in [0.5, 0.6) is 0 Å². The molecule has 0 bridgehead atoms. The number of fused-ring (bicyclic) bond motifs is 14. The SMILES string of the molecule is C=Cc1c(CC)oc2ccc3c(c12)-c1ccccc1C31c2ccccc2N(c2cccc(-c3ccccc3)c2)c2cc(-c3ccc4c(c3)c3ccccc3n4-c3nc(-c4ccccc4)cc(-c4ccccc4)n3)ccc21.CC. The molecule has 0 amide bonds. The predicted molar refractivity (Wildman–Crippen MR) is 324 cm³/mol. The molecule has 0 N–H and O–H groups in total. The van der Waals surface area contributed by atoms with E-state index in [-0.39, 0.29) is 0 Å². The molecular weight excluding hydrogens is 949 g/mol. The maximum atomic E-state index is 6.62. The number of aryl methyl sites for hydroxylation is 1. The predicted octanol–water partition coefficient (Wildman–Crippen LogP) is 19.4. The van der Waals surface area contributed by atoms with Crippen LogP contribution < -0.4 is 4.90 Å². The second kappa shape index (κ2) is 18.8. The molecule has 372 valence electrons. The Morgan fingerprint density at radius 1 is 0.474 bits per heavy atom. The van der Waals surface area contributed by atoms with Crippen molar-refractivity contribution in [1.29, 1.82) is 0 Å². The Labute approximate surface area is 454 Å². The number of anilines is 3. The maximum Gasteiger partial charge on any atom is 0.235 e. The van der Waals surface area contributed by atoms with Crippen molar-refractivity contribution in [2.45, 2.75) is 32.6 Å². The minimum absolute atomic E-state index is 0.626. The highest BCUT2D eigenvalue weighted by molar-refractivity contribution is 6.11. The first-order valence-electron chi connectivity index (χ1n) is 27.2. The molecule has 1 atom stereocenters. The van der Waals surface area contributed by atoms with E-state index < -0.39 is 5.41 Å². The molecule has 13 aromatic rings. The Balaban J connectivity index is 0.00000273. The van der Waals surface area contributed by atoms with Crippen LogP contribution in [0.2, 0.25) is 0 Å². The van der Waals surface area contributed by atoms with Crippen LogP contribution in [0, 0.1) is 0 Å². The van der Waals surface area contributed by atoms with Crippen molar-refractivity contribution in [3.63, 3.8) is 0 Å². The second-order valence-electron chi connectivity index (χ2n) is 19.9. The Bertz CT molecular complexity index is 4420. The van der Waals surface area contributed by atoms with Gasteiger partial charge in [-0.2, -0.15) is 0 Å². The number of hydrogen-bond acceptors (Lipinski definition) is 4. The van der Waals surface area contributed by atoms with E-state index in [1.165, 1.54) is 38.9 Å². The van der Waals surface area contributed by atoms with Gasteiger partial charge in [-0.25, -0.2) is 9.97 Å². The summed E-state index contributed by atoms with van der Waals surface area (Å²) in [5.41, 5.74) is 22.5. The second-order valence-corrected chi connectivity index (χ2v) is 19.9. The van der Waals surface area contributed by atoms with Gasteiger partial charge in [0.1, 0.15) is 11.3 Å². The van der Waals surface area contributed by atoms with Crippen LogP contribution in [0.15, 0.2) is 254 Å². The lowest BCUT2D eigenvalue weighted by Gasteiger charge is -2.45. The fourth-order valence-corrected chi connectivity index (χ4v) is 12.7. The molecule has 5 heteroatoms. The largest absolute Gasteiger partial charge is 0.460 e. The fraction of sp³-hybridized carbons (Fsp3) is 0.0685. The van der Waals surface area contributed by atoms with Crippen molar-refractivity contribution in [3.8, 4) is 61.8 Å². The van der Waals surface area contributed by atoms with Crippen molar-refractivity contribution in [1.82, 2.24) is 14.5 Å². The summed E-state index contributed by atoms with van der Waals surface area (Å²) >= 11 is 0. The lowest BCUT2D eigenvalue weighted by atomic mass is 9.64. The summed E-state index contributed by atoms with van der Waals surface area (Å²) in [5.74, 6) is 1.59. The van der Waals surface area contributed by atoms with E-state index in [0.29, 0.717) is 5.95 Å². The first-order valence-corrected chi connectivity index (χ1v) is 27.2.